The average molecular weight is 313 g/mol. The number of nitrogens with zero attached hydrogens (tertiary/aromatic N) is 2. The number of rotatable bonds is 3. The van der Waals surface area contributed by atoms with Crippen molar-refractivity contribution in [2.45, 2.75) is 13.0 Å². The second kappa shape index (κ2) is 5.47. The summed E-state index contributed by atoms with van der Waals surface area (Å²) in [6.07, 6.45) is 1.44. The molecule has 2 rings (SSSR count). The molecule has 2 aromatic rings. The van der Waals surface area contributed by atoms with Gasteiger partial charge in [0.05, 0.1) is 0 Å². The van der Waals surface area contributed by atoms with Crippen LogP contribution in [-0.2, 0) is 0 Å². The van der Waals surface area contributed by atoms with E-state index in [4.69, 9.17) is 11.6 Å². The molecule has 1 aromatic carbocycles. The largest absolute Gasteiger partial charge is 0.363 e. The number of aromatic nitrogens is 2. The first kappa shape index (κ1) is 12.3. The topological polar surface area (TPSA) is 37.8 Å². The van der Waals surface area contributed by atoms with E-state index in [1.807, 2.05) is 12.1 Å². The predicted molar refractivity (Wildman–Crippen MR) is 73.2 cm³/mol. The van der Waals surface area contributed by atoms with Crippen LogP contribution in [0.15, 0.2) is 41.1 Å². The predicted octanol–water partition coefficient (Wildman–Crippen LogP) is 4.07. The molecule has 88 valence electrons. The fourth-order valence-electron chi connectivity index (χ4n) is 1.49. The first-order valence-electron chi connectivity index (χ1n) is 5.14. The Bertz CT molecular complexity index is 519. The van der Waals surface area contributed by atoms with Crippen LogP contribution >= 0.6 is 27.5 Å². The van der Waals surface area contributed by atoms with Crippen LogP contribution in [0.3, 0.4) is 0 Å². The van der Waals surface area contributed by atoms with Crippen LogP contribution < -0.4 is 5.32 Å². The fraction of sp³-hybridized carbons (Fsp3) is 0.167. The zero-order valence-electron chi connectivity index (χ0n) is 9.19. The van der Waals surface area contributed by atoms with Crippen LogP contribution in [0.25, 0.3) is 0 Å². The summed E-state index contributed by atoms with van der Waals surface area (Å²) in [4.78, 5) is 7.95. The highest BCUT2D eigenvalue weighted by atomic mass is 79.9. The van der Waals surface area contributed by atoms with Gasteiger partial charge in [0, 0.05) is 16.6 Å². The maximum atomic E-state index is 5.80. The van der Waals surface area contributed by atoms with Crippen molar-refractivity contribution in [3.63, 3.8) is 0 Å². The molecule has 1 aromatic heterocycles. The number of nitrogens with one attached hydrogen (secondary N) is 1. The summed E-state index contributed by atoms with van der Waals surface area (Å²) in [5.41, 5.74) is 1.18. The molecule has 3 nitrogen and oxygen atoms in total. The second-order valence-electron chi connectivity index (χ2n) is 3.65. The molecule has 1 heterocycles. The summed E-state index contributed by atoms with van der Waals surface area (Å²) in [5.74, 6) is 0.720. The smallest absolute Gasteiger partial charge is 0.134 e. The lowest BCUT2D eigenvalue weighted by Crippen LogP contribution is -2.07. The zero-order valence-corrected chi connectivity index (χ0v) is 11.5. The van der Waals surface area contributed by atoms with E-state index in [1.165, 1.54) is 11.9 Å². The molecule has 1 N–H and O–H groups in total. The van der Waals surface area contributed by atoms with Crippen molar-refractivity contribution in [1.82, 2.24) is 9.97 Å². The van der Waals surface area contributed by atoms with Gasteiger partial charge in [0.1, 0.15) is 17.3 Å². The summed E-state index contributed by atoms with van der Waals surface area (Å²) >= 11 is 9.25. The minimum absolute atomic E-state index is 0.151. The van der Waals surface area contributed by atoms with Gasteiger partial charge in [-0.1, -0.05) is 39.7 Å². The zero-order chi connectivity index (χ0) is 12.3. The molecule has 0 saturated heterocycles. The van der Waals surface area contributed by atoms with E-state index < -0.39 is 0 Å². The maximum absolute atomic E-state index is 5.80. The van der Waals surface area contributed by atoms with Crippen molar-refractivity contribution in [2.24, 2.45) is 0 Å². The third-order valence-electron chi connectivity index (χ3n) is 2.35. The molecule has 17 heavy (non-hydrogen) atoms. The molecular weight excluding hydrogens is 302 g/mol. The van der Waals surface area contributed by atoms with Gasteiger partial charge in [-0.3, -0.25) is 0 Å². The Hall–Kier alpha value is -1.13. The third-order valence-corrected chi connectivity index (χ3v) is 3.05. The van der Waals surface area contributed by atoms with E-state index in [-0.39, 0.29) is 6.04 Å². The van der Waals surface area contributed by atoms with Gasteiger partial charge in [0.2, 0.25) is 0 Å². The van der Waals surface area contributed by atoms with Crippen LogP contribution in [0.2, 0.25) is 5.15 Å². The molecule has 1 atom stereocenters. The normalized spacial score (nSPS) is 12.2. The molecule has 1 unspecified atom stereocenters. The highest BCUT2D eigenvalue weighted by Gasteiger charge is 2.06. The van der Waals surface area contributed by atoms with E-state index in [2.05, 4.69) is 50.3 Å². The summed E-state index contributed by atoms with van der Waals surface area (Å²) in [6.45, 7) is 2.07. The van der Waals surface area contributed by atoms with E-state index >= 15 is 0 Å². The van der Waals surface area contributed by atoms with Crippen LogP contribution in [0.5, 0.6) is 0 Å². The highest BCUT2D eigenvalue weighted by molar-refractivity contribution is 9.10. The minimum Gasteiger partial charge on any atom is -0.363 e. The van der Waals surface area contributed by atoms with Crippen LogP contribution in [-0.4, -0.2) is 9.97 Å². The number of hydrogen-bond donors (Lipinski definition) is 1. The molecule has 0 aliphatic carbocycles. The van der Waals surface area contributed by atoms with Crippen molar-refractivity contribution in [3.05, 3.63) is 51.8 Å². The molecule has 0 fully saturated rings. The Kier molecular flexibility index (Phi) is 3.97. The van der Waals surface area contributed by atoms with Gasteiger partial charge < -0.3 is 5.32 Å². The molecule has 0 aliphatic heterocycles. The molecule has 0 aliphatic rings. The third kappa shape index (κ3) is 3.41. The molecule has 0 bridgehead atoms. The highest BCUT2D eigenvalue weighted by Crippen LogP contribution is 2.21. The lowest BCUT2D eigenvalue weighted by Gasteiger charge is -2.15. The van der Waals surface area contributed by atoms with E-state index in [9.17, 15) is 0 Å². The Morgan fingerprint density at radius 1 is 1.29 bits per heavy atom. The maximum Gasteiger partial charge on any atom is 0.134 e. The van der Waals surface area contributed by atoms with Gasteiger partial charge in [-0.05, 0) is 24.6 Å². The van der Waals surface area contributed by atoms with Crippen LogP contribution in [0.1, 0.15) is 18.5 Å². The number of hydrogen-bond acceptors (Lipinski definition) is 3. The Balaban J connectivity index is 2.14. The molecule has 0 radical (unpaired) electrons. The fourth-order valence-corrected chi connectivity index (χ4v) is 2.06. The van der Waals surface area contributed by atoms with Gasteiger partial charge in [0.25, 0.3) is 0 Å². The standard InChI is InChI=1S/C12H11BrClN3/c1-8(9-3-2-4-10(13)5-9)17-12-6-11(14)15-7-16-12/h2-8H,1H3,(H,15,16,17). The van der Waals surface area contributed by atoms with Crippen molar-refractivity contribution in [2.75, 3.05) is 5.32 Å². The summed E-state index contributed by atoms with van der Waals surface area (Å²) in [7, 11) is 0. The quantitative estimate of drug-likeness (QED) is 0.868. The van der Waals surface area contributed by atoms with E-state index in [1.54, 1.807) is 6.07 Å². The average Bonchev–Trinajstić information content (AvgIpc) is 2.29. The van der Waals surface area contributed by atoms with Crippen molar-refractivity contribution < 1.29 is 0 Å². The monoisotopic (exact) mass is 311 g/mol. The van der Waals surface area contributed by atoms with Gasteiger partial charge in [-0.2, -0.15) is 0 Å². The Morgan fingerprint density at radius 2 is 2.12 bits per heavy atom. The molecule has 0 saturated carbocycles. The molecular formula is C12H11BrClN3. The van der Waals surface area contributed by atoms with Crippen molar-refractivity contribution in [3.8, 4) is 0 Å². The van der Waals surface area contributed by atoms with Crippen molar-refractivity contribution >= 4 is 33.3 Å². The molecule has 5 heteroatoms. The SMILES string of the molecule is CC(Nc1cc(Cl)ncn1)c1cccc(Br)c1. The van der Waals surface area contributed by atoms with Gasteiger partial charge in [-0.25, -0.2) is 9.97 Å². The van der Waals surface area contributed by atoms with Crippen LogP contribution in [0, 0.1) is 0 Å². The summed E-state index contributed by atoms with van der Waals surface area (Å²) in [5, 5.41) is 3.70. The Morgan fingerprint density at radius 3 is 2.82 bits per heavy atom. The number of halogens is 2. The van der Waals surface area contributed by atoms with Gasteiger partial charge in [0.15, 0.2) is 0 Å². The number of anilines is 1. The summed E-state index contributed by atoms with van der Waals surface area (Å²) in [6, 6.07) is 9.99. The lowest BCUT2D eigenvalue weighted by atomic mass is 10.1. The van der Waals surface area contributed by atoms with Gasteiger partial charge >= 0.3 is 0 Å². The Labute approximate surface area is 113 Å². The number of benzene rings is 1. The van der Waals surface area contributed by atoms with E-state index in [0.717, 1.165) is 10.3 Å². The van der Waals surface area contributed by atoms with Gasteiger partial charge in [-0.15, -0.1) is 0 Å². The second-order valence-corrected chi connectivity index (χ2v) is 4.95. The van der Waals surface area contributed by atoms with E-state index in [0.29, 0.717) is 5.15 Å². The molecule has 0 amide bonds. The molecule has 0 spiro atoms. The van der Waals surface area contributed by atoms with Crippen molar-refractivity contribution in [1.29, 1.82) is 0 Å². The minimum atomic E-state index is 0.151. The lowest BCUT2D eigenvalue weighted by molar-refractivity contribution is 0.871. The first-order chi connectivity index (χ1) is 8.15. The first-order valence-corrected chi connectivity index (χ1v) is 6.32. The summed E-state index contributed by atoms with van der Waals surface area (Å²) < 4.78 is 1.06. The van der Waals surface area contributed by atoms with Crippen LogP contribution in [0.4, 0.5) is 5.82 Å².